The summed E-state index contributed by atoms with van der Waals surface area (Å²) in [7, 11) is 0. The number of hydrogen-bond acceptors (Lipinski definition) is 0. The van der Waals surface area contributed by atoms with Crippen molar-refractivity contribution < 1.29 is 0 Å². The summed E-state index contributed by atoms with van der Waals surface area (Å²) in [4.78, 5) is 0. The lowest BCUT2D eigenvalue weighted by Crippen LogP contribution is -1.96. The van der Waals surface area contributed by atoms with Gasteiger partial charge in [-0.3, -0.25) is 0 Å². The van der Waals surface area contributed by atoms with E-state index >= 15 is 0 Å². The normalized spacial score (nSPS) is 13.0. The first-order chi connectivity index (χ1) is 5.25. The van der Waals surface area contributed by atoms with Gasteiger partial charge in [-0.2, -0.15) is 0 Å². The van der Waals surface area contributed by atoms with E-state index in [1.54, 1.807) is 0 Å². The summed E-state index contributed by atoms with van der Waals surface area (Å²) < 4.78 is 1.20. The molecule has 0 aliphatic heterocycles. The number of rotatable bonds is 2. The molecule has 0 aliphatic carbocycles. The largest absolute Gasteiger partial charge is 0.0857 e. The third-order valence-corrected chi connectivity index (χ3v) is 3.27. The zero-order valence-corrected chi connectivity index (χ0v) is 9.13. The van der Waals surface area contributed by atoms with Gasteiger partial charge < -0.3 is 0 Å². The van der Waals surface area contributed by atoms with Gasteiger partial charge in [0.05, 0.1) is 0 Å². The lowest BCUT2D eigenvalue weighted by molar-refractivity contribution is 0.884. The van der Waals surface area contributed by atoms with Crippen LogP contribution < -0.4 is 0 Å². The molecule has 0 nitrogen and oxygen atoms in total. The topological polar surface area (TPSA) is 0 Å². The summed E-state index contributed by atoms with van der Waals surface area (Å²) in [5.74, 6) is 0.691. The Morgan fingerprint density at radius 2 is 2.00 bits per heavy atom. The minimum Gasteiger partial charge on any atom is -0.0857 e. The highest BCUT2D eigenvalue weighted by atomic mass is 127. The predicted octanol–water partition coefficient (Wildman–Crippen LogP) is 3.53. The molecule has 0 aliphatic rings. The fourth-order valence-electron chi connectivity index (χ4n) is 1.22. The Hall–Kier alpha value is -0.0500. The molecule has 0 amide bonds. The molecule has 60 valence electrons. The fraction of sp³-hybridized carbons (Fsp3) is 0.400. The molecule has 0 aromatic heterocycles. The molecule has 0 unspecified atom stereocenters. The van der Waals surface area contributed by atoms with Crippen LogP contribution in [0.2, 0.25) is 0 Å². The molecule has 11 heavy (non-hydrogen) atoms. The first kappa shape index (κ1) is 9.04. The van der Waals surface area contributed by atoms with E-state index in [1.807, 2.05) is 0 Å². The molecule has 1 aromatic carbocycles. The van der Waals surface area contributed by atoms with Crippen LogP contribution in [-0.2, 0) is 0 Å². The number of benzene rings is 1. The Balaban J connectivity index is 2.93. The SMILES string of the molecule is Cc1ccccc1[C@H](C)CI. The standard InChI is InChI=1S/C10H13I/c1-8-5-3-4-6-10(8)9(2)7-11/h3-6,9H,7H2,1-2H3/t9-/m1/s1. The quantitative estimate of drug-likeness (QED) is 0.563. The molecule has 0 N–H and O–H groups in total. The van der Waals surface area contributed by atoms with Crippen LogP contribution in [-0.4, -0.2) is 4.43 Å². The van der Waals surface area contributed by atoms with Gasteiger partial charge in [-0.1, -0.05) is 53.8 Å². The van der Waals surface area contributed by atoms with Crippen molar-refractivity contribution in [1.82, 2.24) is 0 Å². The molecule has 1 rings (SSSR count). The molecule has 0 radical (unpaired) electrons. The van der Waals surface area contributed by atoms with Gasteiger partial charge in [0.1, 0.15) is 0 Å². The van der Waals surface area contributed by atoms with E-state index in [1.165, 1.54) is 15.6 Å². The van der Waals surface area contributed by atoms with Gasteiger partial charge >= 0.3 is 0 Å². The van der Waals surface area contributed by atoms with Crippen molar-refractivity contribution in [2.45, 2.75) is 19.8 Å². The molecule has 0 saturated carbocycles. The molecule has 1 atom stereocenters. The summed E-state index contributed by atoms with van der Waals surface area (Å²) in [6.45, 7) is 4.45. The van der Waals surface area contributed by atoms with E-state index in [4.69, 9.17) is 0 Å². The van der Waals surface area contributed by atoms with Crippen LogP contribution in [0.5, 0.6) is 0 Å². The van der Waals surface area contributed by atoms with Crippen molar-refractivity contribution in [2.75, 3.05) is 4.43 Å². The summed E-state index contributed by atoms with van der Waals surface area (Å²) in [6.07, 6.45) is 0. The Labute approximate surface area is 82.2 Å². The molecular formula is C10H13I. The van der Waals surface area contributed by atoms with Crippen LogP contribution in [0, 0.1) is 6.92 Å². The van der Waals surface area contributed by atoms with Crippen molar-refractivity contribution in [2.24, 2.45) is 0 Å². The van der Waals surface area contributed by atoms with Gasteiger partial charge in [0.25, 0.3) is 0 Å². The average molecular weight is 260 g/mol. The number of hydrogen-bond donors (Lipinski definition) is 0. The molecule has 0 saturated heterocycles. The summed E-state index contributed by atoms with van der Waals surface area (Å²) in [6, 6.07) is 8.61. The first-order valence-electron chi connectivity index (χ1n) is 3.87. The van der Waals surface area contributed by atoms with Gasteiger partial charge in [-0.25, -0.2) is 0 Å². The van der Waals surface area contributed by atoms with Crippen molar-refractivity contribution >= 4 is 22.6 Å². The maximum Gasteiger partial charge on any atom is 0.00617 e. The molecule has 0 bridgehead atoms. The van der Waals surface area contributed by atoms with Gasteiger partial charge in [-0.05, 0) is 24.0 Å². The highest BCUT2D eigenvalue weighted by Gasteiger charge is 2.04. The second kappa shape index (κ2) is 4.10. The second-order valence-electron chi connectivity index (χ2n) is 2.91. The Morgan fingerprint density at radius 3 is 2.55 bits per heavy atom. The highest BCUT2D eigenvalue weighted by Crippen LogP contribution is 2.20. The Bertz CT molecular complexity index is 230. The third kappa shape index (κ3) is 2.19. The van der Waals surface area contributed by atoms with Crippen LogP contribution in [0.4, 0.5) is 0 Å². The van der Waals surface area contributed by atoms with E-state index in [2.05, 4.69) is 60.7 Å². The zero-order valence-electron chi connectivity index (χ0n) is 6.97. The fourth-order valence-corrected chi connectivity index (χ4v) is 1.70. The van der Waals surface area contributed by atoms with Gasteiger partial charge in [0, 0.05) is 4.43 Å². The minimum atomic E-state index is 0.691. The Kier molecular flexibility index (Phi) is 3.37. The van der Waals surface area contributed by atoms with E-state index in [-0.39, 0.29) is 0 Å². The van der Waals surface area contributed by atoms with Crippen LogP contribution in [0.3, 0.4) is 0 Å². The summed E-state index contributed by atoms with van der Waals surface area (Å²) >= 11 is 2.43. The third-order valence-electron chi connectivity index (χ3n) is 1.95. The van der Waals surface area contributed by atoms with Gasteiger partial charge in [0.15, 0.2) is 0 Å². The van der Waals surface area contributed by atoms with Crippen molar-refractivity contribution in [3.05, 3.63) is 35.4 Å². The van der Waals surface area contributed by atoms with Crippen LogP contribution >= 0.6 is 22.6 Å². The van der Waals surface area contributed by atoms with Gasteiger partial charge in [0.2, 0.25) is 0 Å². The van der Waals surface area contributed by atoms with Crippen LogP contribution in [0.15, 0.2) is 24.3 Å². The summed E-state index contributed by atoms with van der Waals surface area (Å²) in [5, 5.41) is 0. The molecule has 0 heterocycles. The van der Waals surface area contributed by atoms with Gasteiger partial charge in [-0.15, -0.1) is 0 Å². The molecular weight excluding hydrogens is 247 g/mol. The zero-order chi connectivity index (χ0) is 8.27. The van der Waals surface area contributed by atoms with E-state index in [9.17, 15) is 0 Å². The molecule has 0 spiro atoms. The lowest BCUT2D eigenvalue weighted by atomic mass is 9.98. The maximum absolute atomic E-state index is 2.43. The smallest absolute Gasteiger partial charge is 0.00617 e. The number of halogens is 1. The first-order valence-corrected chi connectivity index (χ1v) is 5.39. The van der Waals surface area contributed by atoms with E-state index in [0.29, 0.717) is 5.92 Å². The summed E-state index contributed by atoms with van der Waals surface area (Å²) in [5.41, 5.74) is 2.90. The predicted molar refractivity (Wildman–Crippen MR) is 58.5 cm³/mol. The average Bonchev–Trinajstić information content (AvgIpc) is 2.04. The van der Waals surface area contributed by atoms with Crippen molar-refractivity contribution in [1.29, 1.82) is 0 Å². The Morgan fingerprint density at radius 1 is 1.36 bits per heavy atom. The number of alkyl halides is 1. The minimum absolute atomic E-state index is 0.691. The maximum atomic E-state index is 2.43. The number of aryl methyl sites for hydroxylation is 1. The second-order valence-corrected chi connectivity index (χ2v) is 3.79. The highest BCUT2D eigenvalue weighted by molar-refractivity contribution is 14.1. The molecule has 1 aromatic rings. The lowest BCUT2D eigenvalue weighted by Gasteiger charge is -2.10. The van der Waals surface area contributed by atoms with E-state index < -0.39 is 0 Å². The van der Waals surface area contributed by atoms with Crippen LogP contribution in [0.1, 0.15) is 24.0 Å². The van der Waals surface area contributed by atoms with Crippen LogP contribution in [0.25, 0.3) is 0 Å². The van der Waals surface area contributed by atoms with Crippen molar-refractivity contribution in [3.63, 3.8) is 0 Å². The molecule has 0 fully saturated rings. The van der Waals surface area contributed by atoms with Crippen molar-refractivity contribution in [3.8, 4) is 0 Å². The molecule has 1 heteroatoms. The monoisotopic (exact) mass is 260 g/mol. The van der Waals surface area contributed by atoms with E-state index in [0.717, 1.165) is 0 Å².